The number of benzene rings is 2. The lowest BCUT2D eigenvalue weighted by Crippen LogP contribution is -2.26. The second-order valence-electron chi connectivity index (χ2n) is 6.70. The van der Waals surface area contributed by atoms with Gasteiger partial charge >= 0.3 is 0 Å². The first-order valence-electron chi connectivity index (χ1n) is 8.10. The minimum atomic E-state index is 0.231. The van der Waals surface area contributed by atoms with Crippen LogP contribution in [-0.2, 0) is 11.8 Å². The Bertz CT molecular complexity index is 660. The van der Waals surface area contributed by atoms with E-state index in [1.807, 2.05) is 13.8 Å². The minimum Gasteiger partial charge on any atom is -0.0683 e. The third kappa shape index (κ3) is 2.77. The Morgan fingerprint density at radius 2 is 1.43 bits per heavy atom. The highest BCUT2D eigenvalue weighted by atomic mass is 14.3. The fourth-order valence-corrected chi connectivity index (χ4v) is 3.30. The minimum absolute atomic E-state index is 0.231. The van der Waals surface area contributed by atoms with Gasteiger partial charge in [-0.25, -0.2) is 0 Å². The lowest BCUT2D eigenvalue weighted by atomic mass is 9.69. The molecule has 2 aromatic carbocycles. The first kappa shape index (κ1) is 15.8. The third-order valence-electron chi connectivity index (χ3n) is 4.55. The molecule has 0 heteroatoms. The van der Waals surface area contributed by atoms with E-state index in [4.69, 9.17) is 0 Å². The van der Waals surface area contributed by atoms with Crippen LogP contribution in [0.5, 0.6) is 0 Å². The summed E-state index contributed by atoms with van der Waals surface area (Å²) in [4.78, 5) is 0. The molecule has 0 nitrogen and oxygen atoms in total. The van der Waals surface area contributed by atoms with E-state index >= 15 is 0 Å². The van der Waals surface area contributed by atoms with Crippen LogP contribution in [0.1, 0.15) is 55.5 Å². The van der Waals surface area contributed by atoms with Gasteiger partial charge in [-0.2, -0.15) is 0 Å². The van der Waals surface area contributed by atoms with Crippen molar-refractivity contribution in [2.45, 2.75) is 60.3 Å². The average Bonchev–Trinajstić information content (AvgIpc) is 2.42. The predicted molar refractivity (Wildman–Crippen MR) is 94.2 cm³/mol. The van der Waals surface area contributed by atoms with Gasteiger partial charge in [-0.1, -0.05) is 63.6 Å². The van der Waals surface area contributed by atoms with E-state index in [1.54, 1.807) is 0 Å². The van der Waals surface area contributed by atoms with E-state index in [0.29, 0.717) is 0 Å². The molecule has 3 rings (SSSR count). The van der Waals surface area contributed by atoms with Gasteiger partial charge in [0.05, 0.1) is 0 Å². The number of rotatable bonds is 0. The summed E-state index contributed by atoms with van der Waals surface area (Å²) >= 11 is 0. The highest BCUT2D eigenvalue weighted by molar-refractivity contribution is 5.76. The van der Waals surface area contributed by atoms with Crippen molar-refractivity contribution in [3.05, 3.63) is 58.1 Å². The van der Waals surface area contributed by atoms with E-state index in [9.17, 15) is 0 Å². The van der Waals surface area contributed by atoms with Crippen LogP contribution < -0.4 is 0 Å². The average molecular weight is 280 g/mol. The summed E-state index contributed by atoms with van der Waals surface area (Å²) in [5, 5.41) is 0. The zero-order valence-corrected chi connectivity index (χ0v) is 14.6. The second kappa shape index (κ2) is 5.67. The van der Waals surface area contributed by atoms with Crippen molar-refractivity contribution in [2.75, 3.05) is 0 Å². The van der Waals surface area contributed by atoms with Gasteiger partial charge < -0.3 is 0 Å². The van der Waals surface area contributed by atoms with E-state index in [1.165, 1.54) is 38.9 Å². The van der Waals surface area contributed by atoms with Crippen molar-refractivity contribution < 1.29 is 0 Å². The first-order chi connectivity index (χ1) is 9.88. The molecule has 1 aliphatic rings. The van der Waals surface area contributed by atoms with Crippen LogP contribution in [0.2, 0.25) is 0 Å². The van der Waals surface area contributed by atoms with Gasteiger partial charge in [0.2, 0.25) is 0 Å². The van der Waals surface area contributed by atoms with E-state index in [0.717, 1.165) is 6.42 Å². The van der Waals surface area contributed by atoms with Crippen LogP contribution in [0.25, 0.3) is 11.1 Å². The van der Waals surface area contributed by atoms with Gasteiger partial charge in [-0.15, -0.1) is 0 Å². The van der Waals surface area contributed by atoms with Crippen molar-refractivity contribution in [2.24, 2.45) is 0 Å². The van der Waals surface area contributed by atoms with Crippen LogP contribution in [0.3, 0.4) is 0 Å². The normalized spacial score (nSPS) is 14.6. The Morgan fingerprint density at radius 1 is 0.810 bits per heavy atom. The molecule has 0 fully saturated rings. The second-order valence-corrected chi connectivity index (χ2v) is 6.70. The summed E-state index contributed by atoms with van der Waals surface area (Å²) in [6.07, 6.45) is 1.14. The number of aryl methyl sites for hydroxylation is 3. The SMILES string of the molecule is CC.Cc1ccc2c(c1)CC(C)(C)c1cc(C)c(C)cc1-2. The highest BCUT2D eigenvalue weighted by Crippen LogP contribution is 2.44. The summed E-state index contributed by atoms with van der Waals surface area (Å²) in [5.74, 6) is 0. The summed E-state index contributed by atoms with van der Waals surface area (Å²) in [6.45, 7) is 15.3. The van der Waals surface area contributed by atoms with Crippen molar-refractivity contribution in [3.8, 4) is 11.1 Å². The standard InChI is InChI=1S/C19H22.C2H6/c1-12-6-7-16-15(8-12)11-19(4,5)18-10-14(3)13(2)9-17(16)18;1-2/h6-10H,11H2,1-5H3;1-2H3. The van der Waals surface area contributed by atoms with Crippen molar-refractivity contribution >= 4 is 0 Å². The molecule has 0 atom stereocenters. The lowest BCUT2D eigenvalue weighted by Gasteiger charge is -2.35. The van der Waals surface area contributed by atoms with Gasteiger partial charge in [0, 0.05) is 0 Å². The molecule has 21 heavy (non-hydrogen) atoms. The third-order valence-corrected chi connectivity index (χ3v) is 4.55. The maximum absolute atomic E-state index is 2.40. The topological polar surface area (TPSA) is 0 Å². The van der Waals surface area contributed by atoms with Crippen LogP contribution in [0.15, 0.2) is 30.3 Å². The smallest absolute Gasteiger partial charge is 0.00567 e. The van der Waals surface area contributed by atoms with Crippen molar-refractivity contribution in [3.63, 3.8) is 0 Å². The molecule has 0 saturated heterocycles. The summed E-state index contributed by atoms with van der Waals surface area (Å²) in [5.41, 5.74) is 10.3. The molecule has 0 radical (unpaired) electrons. The molecule has 0 spiro atoms. The van der Waals surface area contributed by atoms with E-state index in [2.05, 4.69) is 65.0 Å². The monoisotopic (exact) mass is 280 g/mol. The molecule has 0 saturated carbocycles. The molecule has 0 aliphatic heterocycles. The van der Waals surface area contributed by atoms with E-state index in [-0.39, 0.29) is 5.41 Å². The molecular formula is C21H28. The molecule has 0 unspecified atom stereocenters. The summed E-state index contributed by atoms with van der Waals surface area (Å²) in [7, 11) is 0. The molecule has 0 aromatic heterocycles. The Morgan fingerprint density at radius 3 is 2.10 bits per heavy atom. The summed E-state index contributed by atoms with van der Waals surface area (Å²) < 4.78 is 0. The van der Waals surface area contributed by atoms with Gasteiger partial charge in [-0.3, -0.25) is 0 Å². The first-order valence-corrected chi connectivity index (χ1v) is 8.10. The van der Waals surface area contributed by atoms with Gasteiger partial charge in [0.1, 0.15) is 0 Å². The molecule has 0 heterocycles. The van der Waals surface area contributed by atoms with Crippen LogP contribution in [0.4, 0.5) is 0 Å². The zero-order valence-electron chi connectivity index (χ0n) is 14.6. The number of fused-ring (bicyclic) bond motifs is 3. The molecule has 112 valence electrons. The predicted octanol–water partition coefficient (Wildman–Crippen LogP) is 6.14. The number of hydrogen-bond acceptors (Lipinski definition) is 0. The molecule has 0 amide bonds. The van der Waals surface area contributed by atoms with Gasteiger partial charge in [-0.05, 0) is 66.0 Å². The van der Waals surface area contributed by atoms with Crippen LogP contribution >= 0.6 is 0 Å². The summed E-state index contributed by atoms with van der Waals surface area (Å²) in [6, 6.07) is 11.7. The fraction of sp³-hybridized carbons (Fsp3) is 0.429. The largest absolute Gasteiger partial charge is 0.0683 e. The molecule has 0 N–H and O–H groups in total. The zero-order chi connectivity index (χ0) is 15.8. The van der Waals surface area contributed by atoms with Crippen molar-refractivity contribution in [1.29, 1.82) is 0 Å². The van der Waals surface area contributed by atoms with Gasteiger partial charge in [0.25, 0.3) is 0 Å². The van der Waals surface area contributed by atoms with Crippen LogP contribution in [-0.4, -0.2) is 0 Å². The van der Waals surface area contributed by atoms with Crippen molar-refractivity contribution in [1.82, 2.24) is 0 Å². The molecule has 1 aliphatic carbocycles. The Hall–Kier alpha value is -1.56. The maximum atomic E-state index is 2.40. The molecule has 0 bridgehead atoms. The quantitative estimate of drug-likeness (QED) is 0.544. The number of hydrogen-bond donors (Lipinski definition) is 0. The Labute approximate surface area is 130 Å². The molecular weight excluding hydrogens is 252 g/mol. The lowest BCUT2D eigenvalue weighted by molar-refractivity contribution is 0.516. The maximum Gasteiger partial charge on any atom is -0.00567 e. The van der Waals surface area contributed by atoms with Crippen LogP contribution in [0, 0.1) is 20.8 Å². The molecule has 2 aromatic rings. The van der Waals surface area contributed by atoms with E-state index < -0.39 is 0 Å². The Kier molecular flexibility index (Phi) is 4.27. The highest BCUT2D eigenvalue weighted by Gasteiger charge is 2.31. The Balaban J connectivity index is 0.000000774. The fourth-order valence-electron chi connectivity index (χ4n) is 3.30. The van der Waals surface area contributed by atoms with Gasteiger partial charge in [0.15, 0.2) is 0 Å².